The van der Waals surface area contributed by atoms with Crippen LogP contribution in [0.3, 0.4) is 0 Å². The Morgan fingerprint density at radius 1 is 1.33 bits per heavy atom. The average molecular weight is 255 g/mol. The minimum absolute atomic E-state index is 0.00690. The summed E-state index contributed by atoms with van der Waals surface area (Å²) in [6.45, 7) is 4.69. The maximum Gasteiger partial charge on any atom is 0.311 e. The fourth-order valence-electron chi connectivity index (χ4n) is 3.04. The van der Waals surface area contributed by atoms with E-state index >= 15 is 0 Å². The van der Waals surface area contributed by atoms with Crippen molar-refractivity contribution in [1.29, 1.82) is 0 Å². The molecule has 2 aliphatic rings. The number of carbonyl (C=O) groups is 2. The summed E-state index contributed by atoms with van der Waals surface area (Å²) < 4.78 is 5.15. The van der Waals surface area contributed by atoms with Gasteiger partial charge in [0.25, 0.3) is 0 Å². The molecule has 3 atom stereocenters. The fraction of sp³-hybridized carbons (Fsp3) is 0.846. The number of carbonyl (C=O) groups excluding carboxylic acids is 1. The molecule has 3 unspecified atom stereocenters. The first-order chi connectivity index (χ1) is 8.42. The quantitative estimate of drug-likeness (QED) is 0.789. The van der Waals surface area contributed by atoms with Crippen LogP contribution in [0.1, 0.15) is 33.1 Å². The molecule has 1 aliphatic carbocycles. The van der Waals surface area contributed by atoms with E-state index < -0.39 is 11.9 Å². The summed E-state index contributed by atoms with van der Waals surface area (Å²) in [7, 11) is 0. The molecular weight excluding hydrogens is 234 g/mol. The standard InChI is InChI=1S/C13H21NO4/c1-13(2)5-3-4-9(13)11(15)14-10-7-18-6-8(10)12(16)17/h8-10H,3-7H2,1-2H3,(H,14,15)(H,16,17). The Balaban J connectivity index is 1.97. The zero-order valence-electron chi connectivity index (χ0n) is 10.9. The lowest BCUT2D eigenvalue weighted by atomic mass is 9.81. The fourth-order valence-corrected chi connectivity index (χ4v) is 3.04. The van der Waals surface area contributed by atoms with Gasteiger partial charge < -0.3 is 15.2 Å². The average Bonchev–Trinajstić information content (AvgIpc) is 2.83. The van der Waals surface area contributed by atoms with Crippen LogP contribution >= 0.6 is 0 Å². The minimum Gasteiger partial charge on any atom is -0.481 e. The number of carboxylic acid groups (broad SMARTS) is 1. The molecule has 18 heavy (non-hydrogen) atoms. The van der Waals surface area contributed by atoms with Gasteiger partial charge in [0, 0.05) is 5.92 Å². The zero-order chi connectivity index (χ0) is 13.3. The molecule has 102 valence electrons. The van der Waals surface area contributed by atoms with Crippen molar-refractivity contribution in [2.75, 3.05) is 13.2 Å². The molecule has 0 aromatic heterocycles. The molecule has 1 saturated carbocycles. The van der Waals surface area contributed by atoms with Gasteiger partial charge in [-0.05, 0) is 18.3 Å². The molecule has 0 aromatic carbocycles. The summed E-state index contributed by atoms with van der Waals surface area (Å²) >= 11 is 0. The van der Waals surface area contributed by atoms with E-state index in [2.05, 4.69) is 19.2 Å². The van der Waals surface area contributed by atoms with Crippen LogP contribution in [0.15, 0.2) is 0 Å². The van der Waals surface area contributed by atoms with Crippen LogP contribution in [0.2, 0.25) is 0 Å². The first-order valence-electron chi connectivity index (χ1n) is 6.53. The summed E-state index contributed by atoms with van der Waals surface area (Å²) in [5.41, 5.74) is 0.0161. The van der Waals surface area contributed by atoms with E-state index in [1.807, 2.05) is 0 Å². The summed E-state index contributed by atoms with van der Waals surface area (Å²) in [6.07, 6.45) is 3.01. The van der Waals surface area contributed by atoms with Gasteiger partial charge in [-0.25, -0.2) is 0 Å². The third kappa shape index (κ3) is 2.51. The molecule has 0 bridgehead atoms. The molecule has 0 aromatic rings. The molecule has 1 saturated heterocycles. The number of nitrogens with one attached hydrogen (secondary N) is 1. The van der Waals surface area contributed by atoms with E-state index in [0.29, 0.717) is 6.61 Å². The predicted octanol–water partition coefficient (Wildman–Crippen LogP) is 1.03. The Morgan fingerprint density at radius 3 is 2.61 bits per heavy atom. The van der Waals surface area contributed by atoms with E-state index in [4.69, 9.17) is 9.84 Å². The van der Waals surface area contributed by atoms with E-state index in [1.54, 1.807) is 0 Å². The molecule has 0 radical (unpaired) electrons. The molecule has 5 heteroatoms. The van der Waals surface area contributed by atoms with E-state index in [1.165, 1.54) is 0 Å². The Hall–Kier alpha value is -1.10. The lowest BCUT2D eigenvalue weighted by Gasteiger charge is -2.27. The number of rotatable bonds is 3. The number of carboxylic acids is 1. The number of aliphatic carboxylic acids is 1. The monoisotopic (exact) mass is 255 g/mol. The van der Waals surface area contributed by atoms with Crippen molar-refractivity contribution < 1.29 is 19.4 Å². The van der Waals surface area contributed by atoms with Gasteiger partial charge in [-0.2, -0.15) is 0 Å². The first-order valence-corrected chi connectivity index (χ1v) is 6.53. The van der Waals surface area contributed by atoms with Crippen LogP contribution in [0, 0.1) is 17.3 Å². The Bertz CT molecular complexity index is 353. The van der Waals surface area contributed by atoms with Gasteiger partial charge in [-0.1, -0.05) is 20.3 Å². The van der Waals surface area contributed by atoms with Crippen molar-refractivity contribution >= 4 is 11.9 Å². The Kier molecular flexibility index (Phi) is 3.61. The van der Waals surface area contributed by atoms with Crippen molar-refractivity contribution in [1.82, 2.24) is 5.32 Å². The highest BCUT2D eigenvalue weighted by Crippen LogP contribution is 2.42. The van der Waals surface area contributed by atoms with Crippen LogP contribution in [0.4, 0.5) is 0 Å². The molecule has 1 aliphatic heterocycles. The molecule has 5 nitrogen and oxygen atoms in total. The number of ether oxygens (including phenoxy) is 1. The summed E-state index contributed by atoms with van der Waals surface area (Å²) in [4.78, 5) is 23.2. The van der Waals surface area contributed by atoms with Gasteiger partial charge >= 0.3 is 5.97 Å². The number of hydrogen-bond acceptors (Lipinski definition) is 3. The van der Waals surface area contributed by atoms with Crippen LogP contribution < -0.4 is 5.32 Å². The second-order valence-electron chi connectivity index (χ2n) is 6.03. The highest BCUT2D eigenvalue weighted by molar-refractivity contribution is 5.81. The van der Waals surface area contributed by atoms with Crippen molar-refractivity contribution in [2.24, 2.45) is 17.3 Å². The molecule has 2 N–H and O–H groups in total. The molecule has 0 spiro atoms. The molecule has 2 rings (SSSR count). The van der Waals surface area contributed by atoms with Crippen LogP contribution in [-0.2, 0) is 14.3 Å². The molecule has 1 amide bonds. The van der Waals surface area contributed by atoms with Crippen molar-refractivity contribution in [3.63, 3.8) is 0 Å². The SMILES string of the molecule is CC1(C)CCCC1C(=O)NC1COCC1C(=O)O. The predicted molar refractivity (Wildman–Crippen MR) is 65.0 cm³/mol. The Morgan fingerprint density at radius 2 is 2.06 bits per heavy atom. The summed E-state index contributed by atoms with van der Waals surface area (Å²) in [5.74, 6) is -1.53. The molecule has 2 fully saturated rings. The number of hydrogen-bond donors (Lipinski definition) is 2. The lowest BCUT2D eigenvalue weighted by molar-refractivity contribution is -0.142. The smallest absolute Gasteiger partial charge is 0.311 e. The zero-order valence-corrected chi connectivity index (χ0v) is 10.9. The third-order valence-corrected chi connectivity index (χ3v) is 4.30. The molecular formula is C13H21NO4. The minimum atomic E-state index is -0.900. The second-order valence-corrected chi connectivity index (χ2v) is 6.03. The van der Waals surface area contributed by atoms with Crippen LogP contribution in [0.5, 0.6) is 0 Å². The van der Waals surface area contributed by atoms with Gasteiger partial charge in [0.1, 0.15) is 5.92 Å². The van der Waals surface area contributed by atoms with Crippen molar-refractivity contribution in [2.45, 2.75) is 39.2 Å². The van der Waals surface area contributed by atoms with Gasteiger partial charge in [-0.15, -0.1) is 0 Å². The molecule has 1 heterocycles. The van der Waals surface area contributed by atoms with Crippen molar-refractivity contribution in [3.05, 3.63) is 0 Å². The topological polar surface area (TPSA) is 75.6 Å². The van der Waals surface area contributed by atoms with Crippen LogP contribution in [-0.4, -0.2) is 36.2 Å². The van der Waals surface area contributed by atoms with E-state index in [-0.39, 0.29) is 29.9 Å². The number of amides is 1. The van der Waals surface area contributed by atoms with Gasteiger partial charge in [0.05, 0.1) is 19.3 Å². The lowest BCUT2D eigenvalue weighted by Crippen LogP contribution is -2.46. The van der Waals surface area contributed by atoms with E-state index in [9.17, 15) is 9.59 Å². The second kappa shape index (κ2) is 4.88. The van der Waals surface area contributed by atoms with E-state index in [0.717, 1.165) is 19.3 Å². The Labute approximate surface area is 107 Å². The third-order valence-electron chi connectivity index (χ3n) is 4.30. The maximum atomic E-state index is 12.2. The van der Waals surface area contributed by atoms with Gasteiger partial charge in [-0.3, -0.25) is 9.59 Å². The summed E-state index contributed by atoms with van der Waals surface area (Å²) in [6, 6.07) is -0.383. The first kappa shape index (κ1) is 13.3. The van der Waals surface area contributed by atoms with Crippen LogP contribution in [0.25, 0.3) is 0 Å². The normalized spacial score (nSPS) is 34.4. The van der Waals surface area contributed by atoms with Crippen molar-refractivity contribution in [3.8, 4) is 0 Å². The van der Waals surface area contributed by atoms with Gasteiger partial charge in [0.2, 0.25) is 5.91 Å². The highest BCUT2D eigenvalue weighted by Gasteiger charge is 2.42. The maximum absolute atomic E-state index is 12.2. The summed E-state index contributed by atoms with van der Waals surface area (Å²) in [5, 5.41) is 11.9. The largest absolute Gasteiger partial charge is 0.481 e. The van der Waals surface area contributed by atoms with Gasteiger partial charge in [0.15, 0.2) is 0 Å². The highest BCUT2D eigenvalue weighted by atomic mass is 16.5.